The average molecular weight is 416 g/mol. The lowest BCUT2D eigenvalue weighted by Gasteiger charge is -2.34. The Morgan fingerprint density at radius 3 is 2.54 bits per heavy atom. The van der Waals surface area contributed by atoms with Gasteiger partial charge in [0, 0.05) is 31.7 Å². The zero-order valence-corrected chi connectivity index (χ0v) is 17.4. The molecule has 2 heterocycles. The Kier molecular flexibility index (Phi) is 4.95. The van der Waals surface area contributed by atoms with Gasteiger partial charge in [0.05, 0.1) is 20.6 Å². The van der Waals surface area contributed by atoms with Gasteiger partial charge in [0.15, 0.2) is 0 Å². The van der Waals surface area contributed by atoms with Crippen molar-refractivity contribution in [1.29, 1.82) is 0 Å². The van der Waals surface area contributed by atoms with E-state index >= 15 is 0 Å². The molecule has 8 heteroatoms. The number of amides is 1. The summed E-state index contributed by atoms with van der Waals surface area (Å²) >= 11 is 1.50. The lowest BCUT2D eigenvalue weighted by atomic mass is 10.2. The first-order valence-electron chi connectivity index (χ1n) is 9.06. The van der Waals surface area contributed by atoms with Crippen LogP contribution in [0.3, 0.4) is 0 Å². The molecule has 0 aliphatic carbocycles. The minimum atomic E-state index is -3.56. The first kappa shape index (κ1) is 19.0. The first-order chi connectivity index (χ1) is 13.4. The fourth-order valence-corrected chi connectivity index (χ4v) is 5.87. The summed E-state index contributed by atoms with van der Waals surface area (Å²) < 4.78 is 28.5. The van der Waals surface area contributed by atoms with Gasteiger partial charge in [-0.1, -0.05) is 12.1 Å². The van der Waals surface area contributed by atoms with Crippen LogP contribution in [0.1, 0.15) is 21.5 Å². The van der Waals surface area contributed by atoms with Crippen molar-refractivity contribution in [1.82, 2.24) is 14.2 Å². The van der Waals surface area contributed by atoms with Crippen molar-refractivity contribution < 1.29 is 13.2 Å². The topological polar surface area (TPSA) is 70.6 Å². The molecule has 1 aliphatic rings. The Balaban J connectivity index is 1.49. The molecule has 6 nitrogen and oxygen atoms in total. The highest BCUT2D eigenvalue weighted by Crippen LogP contribution is 2.24. The molecule has 0 atom stereocenters. The molecule has 3 aromatic rings. The first-order valence-corrected chi connectivity index (χ1v) is 11.4. The van der Waals surface area contributed by atoms with Crippen molar-refractivity contribution in [3.8, 4) is 0 Å². The number of benzene rings is 2. The molecular weight excluding hydrogens is 394 g/mol. The number of sulfonamides is 1. The molecule has 1 amide bonds. The number of aromatic nitrogens is 1. The van der Waals surface area contributed by atoms with E-state index in [0.29, 0.717) is 36.6 Å². The molecule has 0 N–H and O–H groups in total. The largest absolute Gasteiger partial charge is 0.336 e. The number of rotatable bonds is 3. The van der Waals surface area contributed by atoms with Crippen LogP contribution < -0.4 is 0 Å². The minimum absolute atomic E-state index is 0.0703. The lowest BCUT2D eigenvalue weighted by molar-refractivity contribution is 0.0698. The molecule has 0 radical (unpaired) electrons. The van der Waals surface area contributed by atoms with Crippen molar-refractivity contribution in [3.63, 3.8) is 0 Å². The molecule has 28 heavy (non-hydrogen) atoms. The maximum absolute atomic E-state index is 13.0. The highest BCUT2D eigenvalue weighted by molar-refractivity contribution is 7.89. The van der Waals surface area contributed by atoms with Crippen LogP contribution in [-0.4, -0.2) is 54.7 Å². The van der Waals surface area contributed by atoms with Crippen molar-refractivity contribution in [3.05, 3.63) is 58.6 Å². The monoisotopic (exact) mass is 415 g/mol. The normalized spacial score (nSPS) is 15.9. The van der Waals surface area contributed by atoms with E-state index in [9.17, 15) is 13.2 Å². The fraction of sp³-hybridized carbons (Fsp3) is 0.300. The van der Waals surface area contributed by atoms with Gasteiger partial charge >= 0.3 is 0 Å². The standard InChI is InChI=1S/C20H21N3O3S2/c1-14-3-4-15(2)19(11-14)28(25,26)23-9-7-22(8-10-23)20(24)16-5-6-17-18(12-16)27-13-21-17/h3-6,11-13H,7-10H2,1-2H3. The van der Waals surface area contributed by atoms with Crippen LogP contribution in [0.5, 0.6) is 0 Å². The van der Waals surface area contributed by atoms with Crippen LogP contribution in [0.25, 0.3) is 10.2 Å². The van der Waals surface area contributed by atoms with Crippen LogP contribution in [0.2, 0.25) is 0 Å². The second-order valence-corrected chi connectivity index (χ2v) is 9.79. The number of aryl methyl sites for hydroxylation is 2. The molecule has 0 spiro atoms. The van der Waals surface area contributed by atoms with Gasteiger partial charge in [0.2, 0.25) is 10.0 Å². The van der Waals surface area contributed by atoms with Crippen molar-refractivity contribution in [2.45, 2.75) is 18.7 Å². The average Bonchev–Trinajstić information content (AvgIpc) is 3.17. The number of carbonyl (C=O) groups is 1. The van der Waals surface area contributed by atoms with E-state index in [1.54, 1.807) is 22.5 Å². The van der Waals surface area contributed by atoms with Gasteiger partial charge in [-0.15, -0.1) is 11.3 Å². The van der Waals surface area contributed by atoms with Crippen LogP contribution in [0, 0.1) is 13.8 Å². The highest BCUT2D eigenvalue weighted by Gasteiger charge is 2.31. The number of hydrogen-bond donors (Lipinski definition) is 0. The second-order valence-electron chi connectivity index (χ2n) is 7.00. The third-order valence-electron chi connectivity index (χ3n) is 5.07. The highest BCUT2D eigenvalue weighted by atomic mass is 32.2. The van der Waals surface area contributed by atoms with Crippen molar-refractivity contribution >= 4 is 37.5 Å². The Morgan fingerprint density at radius 1 is 1.04 bits per heavy atom. The third kappa shape index (κ3) is 3.43. The van der Waals surface area contributed by atoms with E-state index in [4.69, 9.17) is 0 Å². The summed E-state index contributed by atoms with van der Waals surface area (Å²) in [6.07, 6.45) is 0. The zero-order valence-electron chi connectivity index (χ0n) is 15.8. The Bertz CT molecular complexity index is 1150. The molecule has 4 rings (SSSR count). The smallest absolute Gasteiger partial charge is 0.253 e. The number of carbonyl (C=O) groups excluding carboxylic acids is 1. The van der Waals surface area contributed by atoms with Gasteiger partial charge in [-0.2, -0.15) is 4.31 Å². The zero-order chi connectivity index (χ0) is 19.9. The molecule has 1 aliphatic heterocycles. The number of piperazine rings is 1. The van der Waals surface area contributed by atoms with Crippen LogP contribution in [0.15, 0.2) is 46.8 Å². The van der Waals surface area contributed by atoms with Gasteiger partial charge in [-0.05, 0) is 49.2 Å². The lowest BCUT2D eigenvalue weighted by Crippen LogP contribution is -2.50. The number of nitrogens with zero attached hydrogens (tertiary/aromatic N) is 3. The second kappa shape index (κ2) is 7.27. The maximum Gasteiger partial charge on any atom is 0.253 e. The molecule has 0 bridgehead atoms. The molecule has 146 valence electrons. The van der Waals surface area contributed by atoms with E-state index in [0.717, 1.165) is 21.3 Å². The van der Waals surface area contributed by atoms with Gasteiger partial charge in [0.1, 0.15) is 0 Å². The Hall–Kier alpha value is -2.29. The van der Waals surface area contributed by atoms with Crippen LogP contribution >= 0.6 is 11.3 Å². The molecule has 1 fully saturated rings. The predicted octanol–water partition coefficient (Wildman–Crippen LogP) is 3.06. The van der Waals surface area contributed by atoms with E-state index in [1.165, 1.54) is 15.6 Å². The molecule has 0 unspecified atom stereocenters. The molecule has 0 saturated carbocycles. The van der Waals surface area contributed by atoms with E-state index < -0.39 is 10.0 Å². The fourth-order valence-electron chi connectivity index (χ4n) is 3.43. The number of hydrogen-bond acceptors (Lipinski definition) is 5. The molecule has 1 saturated heterocycles. The summed E-state index contributed by atoms with van der Waals surface area (Å²) in [5, 5.41) is 0. The predicted molar refractivity (Wildman–Crippen MR) is 110 cm³/mol. The summed E-state index contributed by atoms with van der Waals surface area (Å²) in [6.45, 7) is 5.04. The van der Waals surface area contributed by atoms with Crippen LogP contribution in [0.4, 0.5) is 0 Å². The van der Waals surface area contributed by atoms with E-state index in [-0.39, 0.29) is 5.91 Å². The van der Waals surface area contributed by atoms with Gasteiger partial charge in [0.25, 0.3) is 5.91 Å². The Labute approximate surface area is 168 Å². The summed E-state index contributed by atoms with van der Waals surface area (Å²) in [7, 11) is -3.56. The summed E-state index contributed by atoms with van der Waals surface area (Å²) in [4.78, 5) is 19.1. The van der Waals surface area contributed by atoms with E-state index in [2.05, 4.69) is 4.98 Å². The van der Waals surface area contributed by atoms with Gasteiger partial charge in [-0.3, -0.25) is 4.79 Å². The van der Waals surface area contributed by atoms with Gasteiger partial charge in [-0.25, -0.2) is 13.4 Å². The van der Waals surface area contributed by atoms with Crippen LogP contribution in [-0.2, 0) is 10.0 Å². The molecule has 2 aromatic carbocycles. The summed E-state index contributed by atoms with van der Waals surface area (Å²) in [5.74, 6) is -0.0703. The minimum Gasteiger partial charge on any atom is -0.336 e. The van der Waals surface area contributed by atoms with Crippen molar-refractivity contribution in [2.24, 2.45) is 0 Å². The number of thiazole rings is 1. The maximum atomic E-state index is 13.0. The number of fused-ring (bicyclic) bond motifs is 1. The summed E-state index contributed by atoms with van der Waals surface area (Å²) in [6, 6.07) is 10.9. The third-order valence-corrected chi connectivity index (χ3v) is 7.90. The SMILES string of the molecule is Cc1ccc(C)c(S(=O)(=O)N2CCN(C(=O)c3ccc4ncsc4c3)CC2)c1. The quantitative estimate of drug-likeness (QED) is 0.659. The van der Waals surface area contributed by atoms with Gasteiger partial charge < -0.3 is 4.90 Å². The Morgan fingerprint density at radius 2 is 1.79 bits per heavy atom. The molecular formula is C20H21N3O3S2. The summed E-state index contributed by atoms with van der Waals surface area (Å²) in [5.41, 5.74) is 4.91. The molecule has 1 aromatic heterocycles. The van der Waals surface area contributed by atoms with E-state index in [1.807, 2.05) is 38.1 Å². The van der Waals surface area contributed by atoms with Crippen molar-refractivity contribution in [2.75, 3.05) is 26.2 Å².